The number of β-amino-alcohol motifs (C(OH)–C–C–N with tert-alkyl or cyclic N) is 1. The number of hydrogen-bond donors (Lipinski definition) is 2. The molecule has 1 heterocycles. The van der Waals surface area contributed by atoms with Crippen LogP contribution < -0.4 is 5.32 Å². The van der Waals surface area contributed by atoms with E-state index in [0.717, 1.165) is 10.0 Å². The molecule has 2 N–H and O–H groups in total. The predicted octanol–water partition coefficient (Wildman–Crippen LogP) is 3.00. The van der Waals surface area contributed by atoms with Crippen molar-refractivity contribution in [3.8, 4) is 0 Å². The molecule has 1 aliphatic rings. The molecule has 138 valence electrons. The summed E-state index contributed by atoms with van der Waals surface area (Å²) in [5.41, 5.74) is 0.301. The van der Waals surface area contributed by atoms with E-state index in [9.17, 15) is 14.7 Å². The van der Waals surface area contributed by atoms with Crippen LogP contribution in [0.3, 0.4) is 0 Å². The van der Waals surface area contributed by atoms with Gasteiger partial charge in [-0.1, -0.05) is 28.1 Å². The lowest BCUT2D eigenvalue weighted by molar-refractivity contribution is -0.126. The molecule has 6 nitrogen and oxygen atoms in total. The molecule has 2 amide bonds. The van der Waals surface area contributed by atoms with Crippen molar-refractivity contribution < 1.29 is 19.4 Å². The Kier molecular flexibility index (Phi) is 6.11. The van der Waals surface area contributed by atoms with E-state index in [0.29, 0.717) is 0 Å². The molecule has 1 aromatic rings. The molecule has 1 aliphatic heterocycles. The van der Waals surface area contributed by atoms with Crippen LogP contribution in [-0.4, -0.2) is 46.3 Å². The van der Waals surface area contributed by atoms with Crippen molar-refractivity contribution in [3.63, 3.8) is 0 Å². The first-order valence-corrected chi connectivity index (χ1v) is 9.09. The van der Waals surface area contributed by atoms with E-state index in [2.05, 4.69) is 21.2 Å². The summed E-state index contributed by atoms with van der Waals surface area (Å²) in [7, 11) is 0. The summed E-state index contributed by atoms with van der Waals surface area (Å²) in [5, 5.41) is 12.8. The van der Waals surface area contributed by atoms with Crippen molar-refractivity contribution in [1.82, 2.24) is 10.2 Å². The molecule has 25 heavy (non-hydrogen) atoms. The average molecular weight is 413 g/mol. The predicted molar refractivity (Wildman–Crippen MR) is 98.1 cm³/mol. The van der Waals surface area contributed by atoms with Gasteiger partial charge in [-0.3, -0.25) is 9.69 Å². The highest BCUT2D eigenvalue weighted by atomic mass is 79.9. The van der Waals surface area contributed by atoms with E-state index in [1.54, 1.807) is 20.8 Å². The van der Waals surface area contributed by atoms with E-state index in [1.807, 2.05) is 31.2 Å². The average Bonchev–Trinajstić information content (AvgIpc) is 2.88. The number of carbonyl (C=O) groups excluding carboxylic acids is 2. The second kappa shape index (κ2) is 7.74. The third-order valence-corrected chi connectivity index (χ3v) is 4.47. The molecular formula is C18H25BrN2O4. The second-order valence-corrected chi connectivity index (χ2v) is 8.24. The number of ether oxygens (including phenoxy) is 1. The number of hydrogen-bond acceptors (Lipinski definition) is 4. The number of amides is 2. The zero-order chi connectivity index (χ0) is 18.8. The van der Waals surface area contributed by atoms with Crippen molar-refractivity contribution >= 4 is 27.9 Å². The molecule has 3 atom stereocenters. The first-order chi connectivity index (χ1) is 11.6. The van der Waals surface area contributed by atoms with E-state index in [-0.39, 0.29) is 24.9 Å². The lowest BCUT2D eigenvalue weighted by atomic mass is 10.1. The van der Waals surface area contributed by atoms with Gasteiger partial charge in [0, 0.05) is 10.9 Å². The van der Waals surface area contributed by atoms with Crippen molar-refractivity contribution in [2.45, 2.75) is 57.9 Å². The Balaban J connectivity index is 2.05. The molecule has 0 aromatic heterocycles. The van der Waals surface area contributed by atoms with E-state index >= 15 is 0 Å². The fraction of sp³-hybridized carbons (Fsp3) is 0.556. The van der Waals surface area contributed by atoms with Crippen LogP contribution in [0.15, 0.2) is 28.7 Å². The molecular weight excluding hydrogens is 388 g/mol. The van der Waals surface area contributed by atoms with Crippen molar-refractivity contribution in [1.29, 1.82) is 0 Å². The Labute approximate surface area is 156 Å². The van der Waals surface area contributed by atoms with Gasteiger partial charge in [0.2, 0.25) is 5.91 Å². The molecule has 0 spiro atoms. The Morgan fingerprint density at radius 3 is 2.48 bits per heavy atom. The van der Waals surface area contributed by atoms with Gasteiger partial charge in [-0.05, 0) is 45.4 Å². The van der Waals surface area contributed by atoms with Crippen molar-refractivity contribution in [3.05, 3.63) is 34.3 Å². The Morgan fingerprint density at radius 2 is 1.92 bits per heavy atom. The highest BCUT2D eigenvalue weighted by Crippen LogP contribution is 2.23. The smallest absolute Gasteiger partial charge is 0.411 e. The number of halogens is 1. The van der Waals surface area contributed by atoms with Crippen LogP contribution in [0.1, 0.15) is 45.7 Å². The van der Waals surface area contributed by atoms with E-state index < -0.39 is 23.8 Å². The normalized spacial score (nSPS) is 21.8. The Bertz CT molecular complexity index is 627. The number of nitrogens with zero attached hydrogens (tertiary/aromatic N) is 1. The number of carbonyl (C=O) groups is 2. The zero-order valence-corrected chi connectivity index (χ0v) is 16.5. The van der Waals surface area contributed by atoms with Crippen LogP contribution in [0, 0.1) is 0 Å². The minimum absolute atomic E-state index is 0.0969. The minimum atomic E-state index is -0.734. The van der Waals surface area contributed by atoms with Crippen LogP contribution in [-0.2, 0) is 9.53 Å². The molecule has 0 bridgehead atoms. The topological polar surface area (TPSA) is 78.9 Å². The van der Waals surface area contributed by atoms with E-state index in [4.69, 9.17) is 4.74 Å². The maximum absolute atomic E-state index is 12.6. The highest BCUT2D eigenvalue weighted by Gasteiger charge is 2.41. The third-order valence-electron chi connectivity index (χ3n) is 3.94. The fourth-order valence-electron chi connectivity index (χ4n) is 2.73. The summed E-state index contributed by atoms with van der Waals surface area (Å²) in [5.74, 6) is -0.294. The number of benzene rings is 1. The highest BCUT2D eigenvalue weighted by molar-refractivity contribution is 9.10. The number of aliphatic hydroxyl groups is 1. The monoisotopic (exact) mass is 412 g/mol. The molecule has 1 aromatic carbocycles. The second-order valence-electron chi connectivity index (χ2n) is 7.32. The summed E-state index contributed by atoms with van der Waals surface area (Å²) in [6.45, 7) is 7.27. The van der Waals surface area contributed by atoms with Gasteiger partial charge in [0.05, 0.1) is 18.7 Å². The third kappa shape index (κ3) is 5.44. The first kappa shape index (κ1) is 19.7. The van der Waals surface area contributed by atoms with Gasteiger partial charge >= 0.3 is 6.09 Å². The maximum atomic E-state index is 12.6. The van der Waals surface area contributed by atoms with Gasteiger partial charge in [0.25, 0.3) is 0 Å². The number of rotatable bonds is 3. The van der Waals surface area contributed by atoms with Gasteiger partial charge < -0.3 is 15.2 Å². The number of aliphatic hydroxyl groups excluding tert-OH is 1. The van der Waals surface area contributed by atoms with Gasteiger partial charge in [0.1, 0.15) is 11.6 Å². The molecule has 1 fully saturated rings. The molecule has 0 saturated carbocycles. The summed E-state index contributed by atoms with van der Waals surface area (Å²) >= 11 is 3.38. The molecule has 0 aliphatic carbocycles. The standard InChI is InChI=1S/C18H25BrN2O4/c1-11(12-5-7-13(19)8-6-12)20-16(23)15-9-14(22)10-21(15)17(24)25-18(2,3)4/h5-8,11,14-15,22H,9-10H2,1-4H3,(H,20,23)/t11-,14-,15+/m1/s1. The summed E-state index contributed by atoms with van der Waals surface area (Å²) < 4.78 is 6.31. The Hall–Kier alpha value is -1.60. The van der Waals surface area contributed by atoms with Crippen LogP contribution in [0.25, 0.3) is 0 Å². The summed E-state index contributed by atoms with van der Waals surface area (Å²) in [6, 6.07) is 6.71. The van der Waals surface area contributed by atoms with Crippen LogP contribution in [0.2, 0.25) is 0 Å². The van der Waals surface area contributed by atoms with Crippen LogP contribution in [0.5, 0.6) is 0 Å². The molecule has 0 radical (unpaired) electrons. The SMILES string of the molecule is C[C@@H](NC(=O)[C@@H]1C[C@@H](O)CN1C(=O)OC(C)(C)C)c1ccc(Br)cc1. The first-order valence-electron chi connectivity index (χ1n) is 8.30. The zero-order valence-electron chi connectivity index (χ0n) is 15.0. The number of nitrogens with one attached hydrogen (secondary N) is 1. The maximum Gasteiger partial charge on any atom is 0.411 e. The quantitative estimate of drug-likeness (QED) is 0.799. The van der Waals surface area contributed by atoms with E-state index in [1.165, 1.54) is 4.90 Å². The largest absolute Gasteiger partial charge is 0.444 e. The van der Waals surface area contributed by atoms with Crippen molar-refractivity contribution in [2.75, 3.05) is 6.54 Å². The molecule has 2 rings (SSSR count). The molecule has 0 unspecified atom stereocenters. The molecule has 1 saturated heterocycles. The summed E-state index contributed by atoms with van der Waals surface area (Å²) in [4.78, 5) is 26.3. The van der Waals surface area contributed by atoms with Gasteiger partial charge in [-0.25, -0.2) is 4.79 Å². The minimum Gasteiger partial charge on any atom is -0.444 e. The van der Waals surface area contributed by atoms with Crippen LogP contribution >= 0.6 is 15.9 Å². The van der Waals surface area contributed by atoms with Crippen LogP contribution in [0.4, 0.5) is 4.79 Å². The Morgan fingerprint density at radius 1 is 1.32 bits per heavy atom. The molecule has 7 heteroatoms. The lowest BCUT2D eigenvalue weighted by Crippen LogP contribution is -2.48. The van der Waals surface area contributed by atoms with Gasteiger partial charge in [-0.2, -0.15) is 0 Å². The fourth-order valence-corrected chi connectivity index (χ4v) is 2.99. The lowest BCUT2D eigenvalue weighted by Gasteiger charge is -2.28. The van der Waals surface area contributed by atoms with Gasteiger partial charge in [-0.15, -0.1) is 0 Å². The van der Waals surface area contributed by atoms with Crippen molar-refractivity contribution in [2.24, 2.45) is 0 Å². The van der Waals surface area contributed by atoms with Gasteiger partial charge in [0.15, 0.2) is 0 Å². The number of likely N-dealkylation sites (tertiary alicyclic amines) is 1. The summed E-state index contributed by atoms with van der Waals surface area (Å²) in [6.07, 6.45) is -1.11.